The van der Waals surface area contributed by atoms with E-state index in [0.29, 0.717) is 11.8 Å². The van der Waals surface area contributed by atoms with Gasteiger partial charge in [0, 0.05) is 28.0 Å². The molecule has 1 heterocycles. The SMILES string of the molecule is CC(C)(C)Nc1cccc(Nc2nc(C(C)(C)C)nc(C(C)(C)Nc3ccccc3)n2)c1. The highest BCUT2D eigenvalue weighted by Crippen LogP contribution is 2.28. The molecule has 0 radical (unpaired) electrons. The Morgan fingerprint density at radius 1 is 0.594 bits per heavy atom. The Balaban J connectivity index is 1.95. The number of para-hydroxylation sites is 1. The molecule has 32 heavy (non-hydrogen) atoms. The van der Waals surface area contributed by atoms with Crippen molar-refractivity contribution in [1.29, 1.82) is 0 Å². The van der Waals surface area contributed by atoms with Crippen LogP contribution in [0.25, 0.3) is 0 Å². The normalized spacial score (nSPS) is 12.4. The van der Waals surface area contributed by atoms with E-state index in [4.69, 9.17) is 15.0 Å². The highest BCUT2D eigenvalue weighted by atomic mass is 15.2. The minimum absolute atomic E-state index is 0.0223. The molecule has 170 valence electrons. The molecule has 0 bridgehead atoms. The maximum Gasteiger partial charge on any atom is 0.230 e. The van der Waals surface area contributed by atoms with Crippen LogP contribution in [0.3, 0.4) is 0 Å². The molecule has 0 saturated carbocycles. The van der Waals surface area contributed by atoms with Crippen LogP contribution in [0.1, 0.15) is 67.0 Å². The van der Waals surface area contributed by atoms with E-state index >= 15 is 0 Å². The number of aromatic nitrogens is 3. The van der Waals surface area contributed by atoms with Gasteiger partial charge in [0.05, 0.1) is 5.54 Å². The molecule has 0 amide bonds. The number of hydrogen-bond donors (Lipinski definition) is 3. The lowest BCUT2D eigenvalue weighted by molar-refractivity contribution is 0.505. The largest absolute Gasteiger partial charge is 0.380 e. The van der Waals surface area contributed by atoms with Crippen LogP contribution in [-0.4, -0.2) is 20.5 Å². The predicted molar refractivity (Wildman–Crippen MR) is 135 cm³/mol. The van der Waals surface area contributed by atoms with Crippen LogP contribution in [0.5, 0.6) is 0 Å². The molecule has 0 unspecified atom stereocenters. The second kappa shape index (κ2) is 8.77. The summed E-state index contributed by atoms with van der Waals surface area (Å²) in [6.45, 7) is 16.9. The van der Waals surface area contributed by atoms with Crippen LogP contribution < -0.4 is 16.0 Å². The summed E-state index contributed by atoms with van der Waals surface area (Å²) >= 11 is 0. The standard InChI is InChI=1S/C26H36N6/c1-24(2,3)21-28-22(26(7,8)32-18-13-10-9-11-14-18)30-23(29-21)27-19-15-12-16-20(17-19)31-25(4,5)6/h9-17,31-32H,1-8H3,(H,27,28,29,30). The Morgan fingerprint density at radius 2 is 1.19 bits per heavy atom. The van der Waals surface area contributed by atoms with E-state index in [9.17, 15) is 0 Å². The summed E-state index contributed by atoms with van der Waals surface area (Å²) in [5.41, 5.74) is 2.25. The number of nitrogens with one attached hydrogen (secondary N) is 3. The molecule has 0 aliphatic rings. The smallest absolute Gasteiger partial charge is 0.230 e. The number of anilines is 4. The van der Waals surface area contributed by atoms with Gasteiger partial charge in [-0.05, 0) is 65.0 Å². The molecular formula is C26H36N6. The summed E-state index contributed by atoms with van der Waals surface area (Å²) < 4.78 is 0. The summed E-state index contributed by atoms with van der Waals surface area (Å²) in [6.07, 6.45) is 0. The molecule has 0 spiro atoms. The first kappa shape index (κ1) is 23.5. The second-order valence-electron chi connectivity index (χ2n) is 10.8. The average Bonchev–Trinajstić information content (AvgIpc) is 2.66. The maximum absolute atomic E-state index is 4.84. The second-order valence-corrected chi connectivity index (χ2v) is 10.8. The minimum Gasteiger partial charge on any atom is -0.380 e. The molecule has 0 fully saturated rings. The van der Waals surface area contributed by atoms with Crippen LogP contribution in [0.15, 0.2) is 54.6 Å². The van der Waals surface area contributed by atoms with Crippen molar-refractivity contribution in [3.8, 4) is 0 Å². The van der Waals surface area contributed by atoms with Gasteiger partial charge < -0.3 is 16.0 Å². The summed E-state index contributed by atoms with van der Waals surface area (Å²) in [5.74, 6) is 1.97. The molecular weight excluding hydrogens is 396 g/mol. The van der Waals surface area contributed by atoms with E-state index in [1.165, 1.54) is 0 Å². The Labute approximate surface area is 192 Å². The first-order chi connectivity index (χ1) is 14.8. The molecule has 3 N–H and O–H groups in total. The molecule has 3 rings (SSSR count). The average molecular weight is 433 g/mol. The third kappa shape index (κ3) is 6.42. The van der Waals surface area contributed by atoms with Gasteiger partial charge in [-0.1, -0.05) is 45.0 Å². The van der Waals surface area contributed by atoms with Crippen LogP contribution in [-0.2, 0) is 11.0 Å². The quantitative estimate of drug-likeness (QED) is 0.414. The van der Waals surface area contributed by atoms with Gasteiger partial charge in [0.1, 0.15) is 5.82 Å². The van der Waals surface area contributed by atoms with Gasteiger partial charge in [-0.15, -0.1) is 0 Å². The topological polar surface area (TPSA) is 74.8 Å². The lowest BCUT2D eigenvalue weighted by atomic mass is 9.95. The van der Waals surface area contributed by atoms with Gasteiger partial charge in [-0.3, -0.25) is 0 Å². The number of nitrogens with zero attached hydrogens (tertiary/aromatic N) is 3. The molecule has 6 heteroatoms. The number of benzene rings is 2. The summed E-state index contributed by atoms with van der Waals surface area (Å²) in [6, 6.07) is 18.3. The number of hydrogen-bond acceptors (Lipinski definition) is 6. The van der Waals surface area contributed by atoms with Crippen molar-refractivity contribution in [2.45, 2.75) is 71.9 Å². The molecule has 0 aliphatic heterocycles. The zero-order chi connectivity index (χ0) is 23.6. The zero-order valence-electron chi connectivity index (χ0n) is 20.5. The zero-order valence-corrected chi connectivity index (χ0v) is 20.5. The molecule has 6 nitrogen and oxygen atoms in total. The third-order valence-corrected chi connectivity index (χ3v) is 4.73. The molecule has 3 aromatic rings. The first-order valence-electron chi connectivity index (χ1n) is 11.1. The van der Waals surface area contributed by atoms with Crippen molar-refractivity contribution in [2.75, 3.05) is 16.0 Å². The van der Waals surface area contributed by atoms with E-state index in [1.54, 1.807) is 0 Å². The van der Waals surface area contributed by atoms with Crippen molar-refractivity contribution in [1.82, 2.24) is 15.0 Å². The van der Waals surface area contributed by atoms with Gasteiger partial charge in [0.15, 0.2) is 5.82 Å². The fourth-order valence-corrected chi connectivity index (χ4v) is 3.22. The lowest BCUT2D eigenvalue weighted by Crippen LogP contribution is -2.32. The highest BCUT2D eigenvalue weighted by Gasteiger charge is 2.28. The monoisotopic (exact) mass is 432 g/mol. The van der Waals surface area contributed by atoms with E-state index in [-0.39, 0.29) is 11.0 Å². The van der Waals surface area contributed by atoms with Gasteiger partial charge >= 0.3 is 0 Å². The van der Waals surface area contributed by atoms with Crippen molar-refractivity contribution in [3.63, 3.8) is 0 Å². The van der Waals surface area contributed by atoms with Gasteiger partial charge in [-0.2, -0.15) is 9.97 Å². The van der Waals surface area contributed by atoms with E-state index < -0.39 is 5.54 Å². The van der Waals surface area contributed by atoms with Crippen LogP contribution >= 0.6 is 0 Å². The van der Waals surface area contributed by atoms with Crippen LogP contribution in [0.2, 0.25) is 0 Å². The molecule has 1 aromatic heterocycles. The Morgan fingerprint density at radius 3 is 1.81 bits per heavy atom. The number of rotatable bonds is 6. The van der Waals surface area contributed by atoms with Crippen molar-refractivity contribution in [2.24, 2.45) is 0 Å². The minimum atomic E-state index is -0.490. The summed E-state index contributed by atoms with van der Waals surface area (Å²) in [7, 11) is 0. The van der Waals surface area contributed by atoms with Gasteiger partial charge in [0.2, 0.25) is 5.95 Å². The van der Waals surface area contributed by atoms with Crippen LogP contribution in [0.4, 0.5) is 23.0 Å². The summed E-state index contributed by atoms with van der Waals surface area (Å²) in [4.78, 5) is 14.4. The van der Waals surface area contributed by atoms with E-state index in [2.05, 4.69) is 83.5 Å². The Hall–Kier alpha value is -3.15. The molecule has 0 saturated heterocycles. The fraction of sp³-hybridized carbons (Fsp3) is 0.423. The lowest BCUT2D eigenvalue weighted by Gasteiger charge is -2.28. The predicted octanol–water partition coefficient (Wildman–Crippen LogP) is 6.47. The van der Waals surface area contributed by atoms with E-state index in [0.717, 1.165) is 22.9 Å². The molecule has 0 aliphatic carbocycles. The van der Waals surface area contributed by atoms with Crippen molar-refractivity contribution >= 4 is 23.0 Å². The van der Waals surface area contributed by atoms with Crippen molar-refractivity contribution in [3.05, 3.63) is 66.2 Å². The third-order valence-electron chi connectivity index (χ3n) is 4.73. The molecule has 2 aromatic carbocycles. The van der Waals surface area contributed by atoms with Crippen LogP contribution in [0, 0.1) is 0 Å². The maximum atomic E-state index is 4.84. The Kier molecular flexibility index (Phi) is 6.44. The van der Waals surface area contributed by atoms with Gasteiger partial charge in [-0.25, -0.2) is 4.98 Å². The van der Waals surface area contributed by atoms with E-state index in [1.807, 2.05) is 42.5 Å². The fourth-order valence-electron chi connectivity index (χ4n) is 3.22. The first-order valence-corrected chi connectivity index (χ1v) is 11.1. The molecule has 0 atom stereocenters. The summed E-state index contributed by atoms with van der Waals surface area (Å²) in [5, 5.41) is 10.4. The highest BCUT2D eigenvalue weighted by molar-refractivity contribution is 5.61. The Bertz CT molecular complexity index is 1050. The van der Waals surface area contributed by atoms with Gasteiger partial charge in [0.25, 0.3) is 0 Å². The van der Waals surface area contributed by atoms with Crippen molar-refractivity contribution < 1.29 is 0 Å².